The molecule has 94 valence electrons. The summed E-state index contributed by atoms with van der Waals surface area (Å²) < 4.78 is 1.09. The maximum Gasteiger partial charge on any atom is 0.0762 e. The molecular weight excluding hydrogens is 298 g/mol. The minimum atomic E-state index is -0.403. The van der Waals surface area contributed by atoms with Crippen LogP contribution in [0.25, 0.3) is 0 Å². The number of aliphatic hydroxyl groups excluding tert-OH is 1. The van der Waals surface area contributed by atoms with Gasteiger partial charge in [0, 0.05) is 23.3 Å². The molecule has 17 heavy (non-hydrogen) atoms. The molecule has 0 saturated carbocycles. The Labute approximate surface area is 116 Å². The molecule has 0 amide bonds. The minimum absolute atomic E-state index is 0.403. The lowest BCUT2D eigenvalue weighted by molar-refractivity contribution is 0.199. The Balaban J connectivity index is 2.19. The van der Waals surface area contributed by atoms with Gasteiger partial charge >= 0.3 is 0 Å². The molecule has 2 rings (SSSR count). The maximum atomic E-state index is 9.56. The van der Waals surface area contributed by atoms with Gasteiger partial charge in [-0.05, 0) is 52.7 Å². The summed E-state index contributed by atoms with van der Waals surface area (Å²) in [6.07, 6.45) is 0.843. The zero-order valence-corrected chi connectivity index (χ0v) is 12.4. The molecule has 1 aromatic carbocycles. The van der Waals surface area contributed by atoms with Crippen LogP contribution in [0.3, 0.4) is 0 Å². The number of anilines is 1. The Hall–Kier alpha value is -0.190. The SMILES string of the molecule is C[C@@H](O)c1ccc(N2CCCSCC2)c(Br)c1. The number of aliphatic hydroxyl groups is 1. The van der Waals surface area contributed by atoms with Gasteiger partial charge in [-0.1, -0.05) is 6.07 Å². The van der Waals surface area contributed by atoms with Crippen LogP contribution in [0.1, 0.15) is 25.0 Å². The summed E-state index contributed by atoms with van der Waals surface area (Å²) >= 11 is 5.65. The van der Waals surface area contributed by atoms with Crippen molar-refractivity contribution in [3.05, 3.63) is 28.2 Å². The number of benzene rings is 1. The van der Waals surface area contributed by atoms with E-state index in [1.54, 1.807) is 6.92 Å². The van der Waals surface area contributed by atoms with E-state index in [0.29, 0.717) is 0 Å². The zero-order valence-electron chi connectivity index (χ0n) is 10.0. The fraction of sp³-hybridized carbons (Fsp3) is 0.538. The van der Waals surface area contributed by atoms with Crippen LogP contribution >= 0.6 is 27.7 Å². The maximum absolute atomic E-state index is 9.56. The van der Waals surface area contributed by atoms with E-state index < -0.39 is 6.10 Å². The summed E-state index contributed by atoms with van der Waals surface area (Å²) in [5, 5.41) is 9.56. The van der Waals surface area contributed by atoms with E-state index in [1.165, 1.54) is 23.6 Å². The first-order valence-electron chi connectivity index (χ1n) is 5.98. The lowest BCUT2D eigenvalue weighted by atomic mass is 10.1. The third-order valence-corrected chi connectivity index (χ3v) is 4.70. The number of hydrogen-bond donors (Lipinski definition) is 1. The van der Waals surface area contributed by atoms with Crippen molar-refractivity contribution in [3.8, 4) is 0 Å². The Kier molecular flexibility index (Phi) is 4.77. The molecule has 1 aromatic rings. The molecule has 1 aliphatic rings. The fourth-order valence-corrected chi connectivity index (χ4v) is 3.56. The molecule has 4 heteroatoms. The smallest absolute Gasteiger partial charge is 0.0762 e. The van der Waals surface area contributed by atoms with Gasteiger partial charge in [0.1, 0.15) is 0 Å². The summed E-state index contributed by atoms with van der Waals surface area (Å²) in [6, 6.07) is 6.16. The van der Waals surface area contributed by atoms with Crippen LogP contribution in [0.4, 0.5) is 5.69 Å². The van der Waals surface area contributed by atoms with Gasteiger partial charge in [0.05, 0.1) is 11.8 Å². The van der Waals surface area contributed by atoms with Crippen molar-refractivity contribution in [3.63, 3.8) is 0 Å². The third-order valence-electron chi connectivity index (χ3n) is 3.02. The second-order valence-electron chi connectivity index (χ2n) is 4.34. The second kappa shape index (κ2) is 6.12. The lowest BCUT2D eigenvalue weighted by Crippen LogP contribution is -2.25. The van der Waals surface area contributed by atoms with Crippen LogP contribution in [0.15, 0.2) is 22.7 Å². The minimum Gasteiger partial charge on any atom is -0.389 e. The molecule has 1 atom stereocenters. The van der Waals surface area contributed by atoms with Crippen LogP contribution in [0.5, 0.6) is 0 Å². The van der Waals surface area contributed by atoms with Crippen LogP contribution in [-0.2, 0) is 0 Å². The standard InChI is InChI=1S/C13H18BrNOS/c1-10(16)11-3-4-13(12(14)9-11)15-5-2-7-17-8-6-15/h3-4,9-10,16H,2,5-8H2,1H3/t10-/m1/s1. The van der Waals surface area contributed by atoms with E-state index in [0.717, 1.165) is 23.1 Å². The molecule has 1 saturated heterocycles. The van der Waals surface area contributed by atoms with Crippen molar-refractivity contribution in [1.29, 1.82) is 0 Å². The Morgan fingerprint density at radius 2 is 2.18 bits per heavy atom. The summed E-state index contributed by atoms with van der Waals surface area (Å²) in [7, 11) is 0. The van der Waals surface area contributed by atoms with Gasteiger partial charge in [0.2, 0.25) is 0 Å². The predicted molar refractivity (Wildman–Crippen MR) is 78.9 cm³/mol. The molecule has 0 spiro atoms. The zero-order chi connectivity index (χ0) is 12.3. The highest BCUT2D eigenvalue weighted by molar-refractivity contribution is 9.10. The van der Waals surface area contributed by atoms with Crippen LogP contribution in [0, 0.1) is 0 Å². The van der Waals surface area contributed by atoms with Crippen LogP contribution < -0.4 is 4.90 Å². The molecule has 1 heterocycles. The fourth-order valence-electron chi connectivity index (χ4n) is 2.03. The molecule has 0 unspecified atom stereocenters. The van der Waals surface area contributed by atoms with Gasteiger partial charge in [-0.15, -0.1) is 0 Å². The molecule has 1 N–H and O–H groups in total. The molecule has 1 aliphatic heterocycles. The molecule has 0 aromatic heterocycles. The van der Waals surface area contributed by atoms with E-state index in [4.69, 9.17) is 0 Å². The highest BCUT2D eigenvalue weighted by Gasteiger charge is 2.13. The monoisotopic (exact) mass is 315 g/mol. The van der Waals surface area contributed by atoms with Gasteiger partial charge < -0.3 is 10.0 Å². The van der Waals surface area contributed by atoms with E-state index >= 15 is 0 Å². The molecule has 0 radical (unpaired) electrons. The Bertz CT molecular complexity index is 376. The molecule has 0 bridgehead atoms. The van der Waals surface area contributed by atoms with Crippen molar-refractivity contribution in [1.82, 2.24) is 0 Å². The lowest BCUT2D eigenvalue weighted by Gasteiger charge is -2.24. The third kappa shape index (κ3) is 3.39. The molecule has 0 aliphatic carbocycles. The second-order valence-corrected chi connectivity index (χ2v) is 6.42. The molecular formula is C13H18BrNOS. The van der Waals surface area contributed by atoms with E-state index in [2.05, 4.69) is 26.9 Å². The van der Waals surface area contributed by atoms with E-state index in [9.17, 15) is 5.11 Å². The topological polar surface area (TPSA) is 23.5 Å². The summed E-state index contributed by atoms with van der Waals surface area (Å²) in [5.74, 6) is 2.46. The Morgan fingerprint density at radius 3 is 2.88 bits per heavy atom. The van der Waals surface area contributed by atoms with Crippen molar-refractivity contribution >= 4 is 33.4 Å². The highest BCUT2D eigenvalue weighted by Crippen LogP contribution is 2.30. The van der Waals surface area contributed by atoms with Gasteiger partial charge in [-0.25, -0.2) is 0 Å². The number of halogens is 1. The molecule has 2 nitrogen and oxygen atoms in total. The number of rotatable bonds is 2. The normalized spacial score (nSPS) is 18.9. The van der Waals surface area contributed by atoms with Crippen molar-refractivity contribution in [2.45, 2.75) is 19.4 Å². The van der Waals surface area contributed by atoms with Gasteiger partial charge in [0.25, 0.3) is 0 Å². The van der Waals surface area contributed by atoms with Crippen LogP contribution in [-0.4, -0.2) is 29.7 Å². The van der Waals surface area contributed by atoms with Gasteiger partial charge in [0.15, 0.2) is 0 Å². The first-order valence-corrected chi connectivity index (χ1v) is 7.93. The summed E-state index contributed by atoms with van der Waals surface area (Å²) in [6.45, 7) is 4.03. The first kappa shape index (κ1) is 13.2. The summed E-state index contributed by atoms with van der Waals surface area (Å²) in [5.41, 5.74) is 2.21. The quantitative estimate of drug-likeness (QED) is 0.904. The van der Waals surface area contributed by atoms with Gasteiger partial charge in [-0.3, -0.25) is 0 Å². The van der Waals surface area contributed by atoms with Crippen molar-refractivity contribution in [2.24, 2.45) is 0 Å². The number of thioether (sulfide) groups is 1. The average Bonchev–Trinajstić information content (AvgIpc) is 2.57. The molecule has 1 fully saturated rings. The predicted octanol–water partition coefficient (Wildman–Crippen LogP) is 3.45. The summed E-state index contributed by atoms with van der Waals surface area (Å²) in [4.78, 5) is 2.43. The Morgan fingerprint density at radius 1 is 1.35 bits per heavy atom. The largest absolute Gasteiger partial charge is 0.389 e. The van der Waals surface area contributed by atoms with E-state index in [-0.39, 0.29) is 0 Å². The van der Waals surface area contributed by atoms with Crippen LogP contribution in [0.2, 0.25) is 0 Å². The van der Waals surface area contributed by atoms with Gasteiger partial charge in [-0.2, -0.15) is 11.8 Å². The highest BCUT2D eigenvalue weighted by atomic mass is 79.9. The first-order chi connectivity index (χ1) is 8.18. The van der Waals surface area contributed by atoms with E-state index in [1.807, 2.05) is 23.9 Å². The number of hydrogen-bond acceptors (Lipinski definition) is 3. The van der Waals surface area contributed by atoms with Crippen molar-refractivity contribution in [2.75, 3.05) is 29.5 Å². The average molecular weight is 316 g/mol. The van der Waals surface area contributed by atoms with Crippen molar-refractivity contribution < 1.29 is 5.11 Å². The number of nitrogens with zero attached hydrogens (tertiary/aromatic N) is 1.